The Hall–Kier alpha value is -4.17. The average Bonchev–Trinajstić information content (AvgIpc) is 3.29. The quantitative estimate of drug-likeness (QED) is 0.269. The van der Waals surface area contributed by atoms with Crippen molar-refractivity contribution in [3.8, 4) is 22.3 Å². The molecule has 0 aromatic heterocycles. The predicted octanol–water partition coefficient (Wildman–Crippen LogP) is 6.80. The van der Waals surface area contributed by atoms with Crippen molar-refractivity contribution in [2.75, 3.05) is 0 Å². The second-order valence-corrected chi connectivity index (χ2v) is 9.74. The maximum Gasteiger partial charge on any atom is 0.416 e. The van der Waals surface area contributed by atoms with E-state index in [9.17, 15) is 33.0 Å². The summed E-state index contributed by atoms with van der Waals surface area (Å²) in [7, 11) is 0. The molecule has 0 unspecified atom stereocenters. The molecule has 4 aromatic carbocycles. The molecule has 0 aliphatic heterocycles. The molecule has 0 amide bonds. The van der Waals surface area contributed by atoms with Crippen molar-refractivity contribution in [2.24, 2.45) is 11.7 Å². The summed E-state index contributed by atoms with van der Waals surface area (Å²) in [6.07, 6.45) is -3.53. The lowest BCUT2D eigenvalue weighted by Crippen LogP contribution is -2.23. The SMILES string of the molecule is N[C@H]1C[C@@H](C(=O)O)C[C@@H]1c1ccc(-c2cc(C(=O)O)cc3cc(-c4ccc(C(F)(F)F)cc4)ccc23)cc1. The fourth-order valence-electron chi connectivity index (χ4n) is 5.33. The normalized spacial score (nSPS) is 19.5. The summed E-state index contributed by atoms with van der Waals surface area (Å²) < 4.78 is 38.9. The van der Waals surface area contributed by atoms with Crippen LogP contribution in [-0.2, 0) is 11.0 Å². The molecule has 1 saturated carbocycles. The number of aliphatic carboxylic acids is 1. The van der Waals surface area contributed by atoms with Gasteiger partial charge in [0.05, 0.1) is 17.0 Å². The number of alkyl halides is 3. The first kappa shape index (κ1) is 25.5. The number of halogens is 3. The number of rotatable bonds is 5. The summed E-state index contributed by atoms with van der Waals surface area (Å²) in [5, 5.41) is 20.5. The fraction of sp³-hybridized carbons (Fsp3) is 0.200. The predicted molar refractivity (Wildman–Crippen MR) is 138 cm³/mol. The molecule has 4 aromatic rings. The highest BCUT2D eigenvalue weighted by molar-refractivity contribution is 6.04. The van der Waals surface area contributed by atoms with E-state index in [0.717, 1.165) is 28.6 Å². The van der Waals surface area contributed by atoms with E-state index in [0.29, 0.717) is 34.9 Å². The van der Waals surface area contributed by atoms with Gasteiger partial charge >= 0.3 is 18.1 Å². The number of hydrogen-bond acceptors (Lipinski definition) is 3. The van der Waals surface area contributed by atoms with Crippen LogP contribution in [0.5, 0.6) is 0 Å². The molecular weight excluding hydrogens is 495 g/mol. The Balaban J connectivity index is 1.52. The van der Waals surface area contributed by atoms with Gasteiger partial charge in [0, 0.05) is 6.04 Å². The van der Waals surface area contributed by atoms with Crippen molar-refractivity contribution in [3.05, 3.63) is 95.6 Å². The van der Waals surface area contributed by atoms with E-state index < -0.39 is 29.6 Å². The molecule has 1 aliphatic rings. The lowest BCUT2D eigenvalue weighted by Gasteiger charge is -2.17. The highest BCUT2D eigenvalue weighted by Crippen LogP contribution is 2.39. The standard InChI is InChI=1S/C30H24F3NO4/c31-30(32,33)23-8-5-16(6-9-23)19-7-10-24-20(11-19)12-21(28(35)36)13-25(24)17-1-3-18(4-2-17)26-14-22(29(37)38)15-27(26)34/h1-13,22,26-27H,14-15,34H2,(H,35,36)(H,37,38)/t22-,26+,27-/m0/s1. The highest BCUT2D eigenvalue weighted by Gasteiger charge is 2.36. The van der Waals surface area contributed by atoms with E-state index >= 15 is 0 Å². The van der Waals surface area contributed by atoms with E-state index in [1.54, 1.807) is 24.3 Å². The topological polar surface area (TPSA) is 101 Å². The second-order valence-electron chi connectivity index (χ2n) is 9.74. The van der Waals surface area contributed by atoms with Crippen LogP contribution in [-0.4, -0.2) is 28.2 Å². The van der Waals surface area contributed by atoms with Gasteiger partial charge < -0.3 is 15.9 Å². The molecule has 5 nitrogen and oxygen atoms in total. The molecular formula is C30H24F3NO4. The number of carboxylic acid groups (broad SMARTS) is 2. The third-order valence-corrected chi connectivity index (χ3v) is 7.36. The van der Waals surface area contributed by atoms with Gasteiger partial charge in [-0.1, -0.05) is 48.5 Å². The minimum atomic E-state index is -4.43. The van der Waals surface area contributed by atoms with Gasteiger partial charge in [-0.3, -0.25) is 4.79 Å². The molecule has 4 N–H and O–H groups in total. The Kier molecular flexibility index (Phi) is 6.44. The van der Waals surface area contributed by atoms with E-state index in [2.05, 4.69) is 0 Å². The molecule has 3 atom stereocenters. The van der Waals surface area contributed by atoms with Gasteiger partial charge in [0.25, 0.3) is 0 Å². The Morgan fingerprint density at radius 2 is 1.42 bits per heavy atom. The Morgan fingerprint density at radius 1 is 0.789 bits per heavy atom. The van der Waals surface area contributed by atoms with Crippen LogP contribution in [0, 0.1) is 5.92 Å². The molecule has 1 aliphatic carbocycles. The van der Waals surface area contributed by atoms with E-state index in [4.69, 9.17) is 5.73 Å². The van der Waals surface area contributed by atoms with Gasteiger partial charge in [-0.05, 0) is 87.7 Å². The fourth-order valence-corrected chi connectivity index (χ4v) is 5.33. The van der Waals surface area contributed by atoms with Crippen molar-refractivity contribution >= 4 is 22.7 Å². The molecule has 0 radical (unpaired) electrons. The number of benzene rings is 4. The molecule has 38 heavy (non-hydrogen) atoms. The second kappa shape index (κ2) is 9.61. The van der Waals surface area contributed by atoms with Gasteiger partial charge in [0.1, 0.15) is 0 Å². The molecule has 5 rings (SSSR count). The average molecular weight is 520 g/mol. The van der Waals surface area contributed by atoms with Crippen LogP contribution in [0.2, 0.25) is 0 Å². The summed E-state index contributed by atoms with van der Waals surface area (Å²) in [5.74, 6) is -2.48. The van der Waals surface area contributed by atoms with Gasteiger partial charge in [0.2, 0.25) is 0 Å². The molecule has 0 heterocycles. The molecule has 8 heteroatoms. The lowest BCUT2D eigenvalue weighted by atomic mass is 9.90. The molecule has 194 valence electrons. The zero-order valence-corrected chi connectivity index (χ0v) is 20.1. The third-order valence-electron chi connectivity index (χ3n) is 7.36. The van der Waals surface area contributed by atoms with Gasteiger partial charge in [-0.15, -0.1) is 0 Å². The summed E-state index contributed by atoms with van der Waals surface area (Å²) in [5.41, 5.74) is 9.24. The molecule has 0 bridgehead atoms. The van der Waals surface area contributed by atoms with Crippen molar-refractivity contribution in [1.82, 2.24) is 0 Å². The molecule has 0 spiro atoms. The van der Waals surface area contributed by atoms with E-state index in [1.807, 2.05) is 30.3 Å². The number of nitrogens with two attached hydrogens (primary N) is 1. The van der Waals surface area contributed by atoms with Gasteiger partial charge in [-0.25, -0.2) is 4.79 Å². The van der Waals surface area contributed by atoms with Crippen molar-refractivity contribution in [3.63, 3.8) is 0 Å². The number of aromatic carboxylic acids is 1. The zero-order valence-electron chi connectivity index (χ0n) is 20.1. The van der Waals surface area contributed by atoms with Crippen molar-refractivity contribution in [1.29, 1.82) is 0 Å². The van der Waals surface area contributed by atoms with E-state index in [1.165, 1.54) is 12.1 Å². The number of carbonyl (C=O) groups is 2. The van der Waals surface area contributed by atoms with Crippen LogP contribution in [0.4, 0.5) is 13.2 Å². The summed E-state index contributed by atoms with van der Waals surface area (Å²) in [4.78, 5) is 23.3. The Morgan fingerprint density at radius 3 is 2.00 bits per heavy atom. The van der Waals surface area contributed by atoms with Crippen LogP contribution in [0.3, 0.4) is 0 Å². The van der Waals surface area contributed by atoms with Crippen LogP contribution < -0.4 is 5.73 Å². The first-order valence-electron chi connectivity index (χ1n) is 12.1. The Bertz CT molecular complexity index is 1530. The first-order chi connectivity index (χ1) is 18.0. The van der Waals surface area contributed by atoms with Crippen LogP contribution in [0.25, 0.3) is 33.0 Å². The maximum atomic E-state index is 13.0. The monoisotopic (exact) mass is 519 g/mol. The summed E-state index contributed by atoms with van der Waals surface area (Å²) >= 11 is 0. The number of fused-ring (bicyclic) bond motifs is 1. The summed E-state index contributed by atoms with van der Waals surface area (Å²) in [6.45, 7) is 0. The van der Waals surface area contributed by atoms with E-state index in [-0.39, 0.29) is 17.5 Å². The highest BCUT2D eigenvalue weighted by atomic mass is 19.4. The lowest BCUT2D eigenvalue weighted by molar-refractivity contribution is -0.141. The number of carboxylic acids is 2. The Labute approximate surface area is 216 Å². The van der Waals surface area contributed by atoms with Gasteiger partial charge in [-0.2, -0.15) is 13.2 Å². The minimum Gasteiger partial charge on any atom is -0.481 e. The first-order valence-corrected chi connectivity index (χ1v) is 12.1. The molecule has 1 fully saturated rings. The largest absolute Gasteiger partial charge is 0.481 e. The van der Waals surface area contributed by atoms with Crippen LogP contribution in [0.15, 0.2) is 78.9 Å². The zero-order chi connectivity index (χ0) is 27.2. The smallest absolute Gasteiger partial charge is 0.416 e. The van der Waals surface area contributed by atoms with Gasteiger partial charge in [0.15, 0.2) is 0 Å². The molecule has 0 saturated heterocycles. The third kappa shape index (κ3) is 4.87. The maximum absolute atomic E-state index is 13.0. The van der Waals surface area contributed by atoms with Crippen molar-refractivity contribution < 1.29 is 33.0 Å². The minimum absolute atomic E-state index is 0.0708. The van der Waals surface area contributed by atoms with Crippen LogP contribution >= 0.6 is 0 Å². The number of hydrogen-bond donors (Lipinski definition) is 3. The summed E-state index contributed by atoms with van der Waals surface area (Å²) in [6, 6.07) is 20.7. The van der Waals surface area contributed by atoms with Crippen molar-refractivity contribution in [2.45, 2.75) is 31.0 Å². The van der Waals surface area contributed by atoms with Crippen LogP contribution in [0.1, 0.15) is 40.2 Å².